The van der Waals surface area contributed by atoms with Crippen molar-refractivity contribution in [2.45, 2.75) is 18.9 Å². The Kier molecular flexibility index (Phi) is 4.44. The molecule has 0 atom stereocenters. The van der Waals surface area contributed by atoms with Crippen molar-refractivity contribution in [2.75, 3.05) is 18.8 Å². The zero-order valence-electron chi connectivity index (χ0n) is 15.4. The van der Waals surface area contributed by atoms with Crippen LogP contribution in [0.4, 0.5) is 10.2 Å². The molecule has 0 bridgehead atoms. The van der Waals surface area contributed by atoms with Crippen LogP contribution in [0.15, 0.2) is 41.1 Å². The molecule has 4 aromatic rings. The van der Waals surface area contributed by atoms with E-state index in [9.17, 15) is 4.39 Å². The Balaban J connectivity index is 1.52. The SMILES string of the molecule is Nc1ncc(-c2ccn(C3CCNCC3)n2)cc1-c1nc2cc(Cl)cc(F)c2o1. The molecule has 0 unspecified atom stereocenters. The van der Waals surface area contributed by atoms with E-state index < -0.39 is 5.82 Å². The zero-order valence-corrected chi connectivity index (χ0v) is 16.2. The molecule has 1 saturated heterocycles. The number of oxazole rings is 1. The number of hydrogen-bond acceptors (Lipinski definition) is 6. The maximum absolute atomic E-state index is 14.1. The van der Waals surface area contributed by atoms with E-state index in [-0.39, 0.29) is 22.3 Å². The van der Waals surface area contributed by atoms with Crippen molar-refractivity contribution in [3.63, 3.8) is 0 Å². The van der Waals surface area contributed by atoms with Gasteiger partial charge in [-0.05, 0) is 50.2 Å². The van der Waals surface area contributed by atoms with E-state index in [4.69, 9.17) is 26.9 Å². The van der Waals surface area contributed by atoms with Gasteiger partial charge in [-0.3, -0.25) is 4.68 Å². The van der Waals surface area contributed by atoms with E-state index >= 15 is 0 Å². The maximum Gasteiger partial charge on any atom is 0.231 e. The summed E-state index contributed by atoms with van der Waals surface area (Å²) in [5.41, 5.74) is 8.44. The molecule has 9 heteroatoms. The summed E-state index contributed by atoms with van der Waals surface area (Å²) in [6.07, 6.45) is 5.74. The van der Waals surface area contributed by atoms with Crippen LogP contribution in [-0.4, -0.2) is 32.8 Å². The van der Waals surface area contributed by atoms with Gasteiger partial charge in [-0.1, -0.05) is 11.6 Å². The molecule has 0 spiro atoms. The van der Waals surface area contributed by atoms with Gasteiger partial charge >= 0.3 is 0 Å². The van der Waals surface area contributed by atoms with Crippen molar-refractivity contribution >= 4 is 28.5 Å². The van der Waals surface area contributed by atoms with E-state index in [1.807, 2.05) is 23.0 Å². The highest BCUT2D eigenvalue weighted by Crippen LogP contribution is 2.33. The minimum Gasteiger partial charge on any atom is -0.433 e. The predicted molar refractivity (Wildman–Crippen MR) is 109 cm³/mol. The first-order chi connectivity index (χ1) is 14.1. The van der Waals surface area contributed by atoms with Gasteiger partial charge in [-0.2, -0.15) is 5.10 Å². The molecule has 1 fully saturated rings. The number of benzene rings is 1. The number of nitrogens with one attached hydrogen (secondary N) is 1. The number of nitrogen functional groups attached to an aromatic ring is 1. The van der Waals surface area contributed by atoms with Crippen LogP contribution in [0.5, 0.6) is 0 Å². The third kappa shape index (κ3) is 3.34. The van der Waals surface area contributed by atoms with Crippen LogP contribution < -0.4 is 11.1 Å². The van der Waals surface area contributed by atoms with Gasteiger partial charge in [-0.15, -0.1) is 0 Å². The van der Waals surface area contributed by atoms with Gasteiger partial charge < -0.3 is 15.5 Å². The lowest BCUT2D eigenvalue weighted by molar-refractivity contribution is 0.343. The monoisotopic (exact) mass is 412 g/mol. The molecule has 0 radical (unpaired) electrons. The topological polar surface area (TPSA) is 94.8 Å². The lowest BCUT2D eigenvalue weighted by atomic mass is 10.1. The molecule has 4 heterocycles. The summed E-state index contributed by atoms with van der Waals surface area (Å²) in [4.78, 5) is 8.60. The summed E-state index contributed by atoms with van der Waals surface area (Å²) in [6, 6.07) is 6.87. The first kappa shape index (κ1) is 18.1. The lowest BCUT2D eigenvalue weighted by Crippen LogP contribution is -2.29. The molecule has 1 aliphatic heterocycles. The summed E-state index contributed by atoms with van der Waals surface area (Å²) in [5.74, 6) is -0.148. The molecule has 148 valence electrons. The van der Waals surface area contributed by atoms with Crippen LogP contribution in [0.25, 0.3) is 33.8 Å². The second-order valence-electron chi connectivity index (χ2n) is 7.07. The number of fused-ring (bicyclic) bond motifs is 1. The summed E-state index contributed by atoms with van der Waals surface area (Å²) >= 11 is 5.91. The van der Waals surface area contributed by atoms with Gasteiger partial charge in [0.15, 0.2) is 11.4 Å². The number of halogens is 2. The van der Waals surface area contributed by atoms with E-state index in [0.717, 1.165) is 37.2 Å². The van der Waals surface area contributed by atoms with Crippen molar-refractivity contribution in [2.24, 2.45) is 0 Å². The van der Waals surface area contributed by atoms with Crippen molar-refractivity contribution in [1.82, 2.24) is 25.1 Å². The van der Waals surface area contributed by atoms with Gasteiger partial charge in [0.05, 0.1) is 17.3 Å². The maximum atomic E-state index is 14.1. The third-order valence-corrected chi connectivity index (χ3v) is 5.36. The van der Waals surface area contributed by atoms with E-state index in [2.05, 4.69) is 15.3 Å². The first-order valence-corrected chi connectivity index (χ1v) is 9.74. The fourth-order valence-corrected chi connectivity index (χ4v) is 3.83. The number of aromatic nitrogens is 4. The average molecular weight is 413 g/mol. The van der Waals surface area contributed by atoms with Crippen LogP contribution in [0.2, 0.25) is 5.02 Å². The van der Waals surface area contributed by atoms with Crippen LogP contribution in [0.3, 0.4) is 0 Å². The second-order valence-corrected chi connectivity index (χ2v) is 7.51. The molecule has 29 heavy (non-hydrogen) atoms. The molecule has 0 amide bonds. The number of nitrogens with two attached hydrogens (primary N) is 1. The van der Waals surface area contributed by atoms with Gasteiger partial charge in [0.2, 0.25) is 5.89 Å². The number of hydrogen-bond donors (Lipinski definition) is 2. The Morgan fingerprint density at radius 2 is 2.07 bits per heavy atom. The molecule has 3 aromatic heterocycles. The normalized spacial score (nSPS) is 15.2. The predicted octanol–water partition coefficient (Wildman–Crippen LogP) is 4.05. The average Bonchev–Trinajstić information content (AvgIpc) is 3.37. The molecule has 7 nitrogen and oxygen atoms in total. The number of piperidine rings is 1. The highest BCUT2D eigenvalue weighted by Gasteiger charge is 2.19. The Bertz CT molecular complexity index is 1200. The number of nitrogens with zero attached hydrogens (tertiary/aromatic N) is 4. The fraction of sp³-hybridized carbons (Fsp3) is 0.250. The molecule has 1 aromatic carbocycles. The Labute approximate surface area is 170 Å². The number of rotatable bonds is 3. The molecular weight excluding hydrogens is 395 g/mol. The Morgan fingerprint density at radius 1 is 1.24 bits per heavy atom. The van der Waals surface area contributed by atoms with Crippen LogP contribution in [0, 0.1) is 5.82 Å². The van der Waals surface area contributed by atoms with Crippen LogP contribution in [-0.2, 0) is 0 Å². The van der Waals surface area contributed by atoms with E-state index in [1.165, 1.54) is 6.07 Å². The van der Waals surface area contributed by atoms with Gasteiger partial charge in [-0.25, -0.2) is 14.4 Å². The largest absolute Gasteiger partial charge is 0.433 e. The highest BCUT2D eigenvalue weighted by molar-refractivity contribution is 6.31. The smallest absolute Gasteiger partial charge is 0.231 e. The summed E-state index contributed by atoms with van der Waals surface area (Å²) in [6.45, 7) is 1.98. The summed E-state index contributed by atoms with van der Waals surface area (Å²) in [5, 5.41) is 8.32. The molecule has 1 aliphatic rings. The van der Waals surface area contributed by atoms with Crippen molar-refractivity contribution in [3.05, 3.63) is 47.5 Å². The van der Waals surface area contributed by atoms with Crippen molar-refractivity contribution < 1.29 is 8.81 Å². The van der Waals surface area contributed by atoms with E-state index in [0.29, 0.717) is 17.1 Å². The number of pyridine rings is 1. The second kappa shape index (κ2) is 7.13. The van der Waals surface area contributed by atoms with Crippen LogP contribution in [0.1, 0.15) is 18.9 Å². The highest BCUT2D eigenvalue weighted by atomic mass is 35.5. The van der Waals surface area contributed by atoms with Gasteiger partial charge in [0, 0.05) is 23.0 Å². The molecule has 5 rings (SSSR count). The Morgan fingerprint density at radius 3 is 2.90 bits per heavy atom. The van der Waals surface area contributed by atoms with Crippen molar-refractivity contribution in [3.8, 4) is 22.7 Å². The molecule has 0 aliphatic carbocycles. The first-order valence-electron chi connectivity index (χ1n) is 9.36. The Hall–Kier alpha value is -2.97. The zero-order chi connectivity index (χ0) is 20.0. The quantitative estimate of drug-likeness (QED) is 0.527. The number of anilines is 1. The lowest BCUT2D eigenvalue weighted by Gasteiger charge is -2.22. The standard InChI is InChI=1S/C20H18ClFN6O/c21-12-8-15(22)18-17(9-12)26-20(29-18)14-7-11(10-25-19(14)23)16-3-6-28(27-16)13-1-4-24-5-2-13/h3,6-10,13,24H,1-2,4-5H2,(H2,23,25). The summed E-state index contributed by atoms with van der Waals surface area (Å²) < 4.78 is 21.7. The van der Waals surface area contributed by atoms with Crippen molar-refractivity contribution in [1.29, 1.82) is 0 Å². The third-order valence-electron chi connectivity index (χ3n) is 5.15. The van der Waals surface area contributed by atoms with Gasteiger partial charge in [0.1, 0.15) is 11.3 Å². The van der Waals surface area contributed by atoms with Crippen LogP contribution >= 0.6 is 11.6 Å². The minimum atomic E-state index is -0.574. The molecule has 0 saturated carbocycles. The summed E-state index contributed by atoms with van der Waals surface area (Å²) in [7, 11) is 0. The fourth-order valence-electron chi connectivity index (χ4n) is 3.63. The molecular formula is C20H18ClFN6O. The minimum absolute atomic E-state index is 0.0318. The van der Waals surface area contributed by atoms with E-state index in [1.54, 1.807) is 12.3 Å². The molecule has 3 N–H and O–H groups in total. The van der Waals surface area contributed by atoms with Gasteiger partial charge in [0.25, 0.3) is 0 Å².